The van der Waals surface area contributed by atoms with Crippen LogP contribution in [0, 0.1) is 0 Å². The van der Waals surface area contributed by atoms with Gasteiger partial charge in [0, 0.05) is 0 Å². The quantitative estimate of drug-likeness (QED) is 0.785. The molecule has 78 valence electrons. The highest BCUT2D eigenvalue weighted by molar-refractivity contribution is 6.42. The fourth-order valence-corrected chi connectivity index (χ4v) is 1.34. The smallest absolute Gasteiger partial charge is 0.347 e. The lowest BCUT2D eigenvalue weighted by Gasteiger charge is -1.97. The lowest BCUT2D eigenvalue weighted by atomic mass is 10.2. The Morgan fingerprint density at radius 1 is 1.40 bits per heavy atom. The summed E-state index contributed by atoms with van der Waals surface area (Å²) in [4.78, 5) is 10.5. The lowest BCUT2D eigenvalue weighted by Crippen LogP contribution is -1.93. The highest BCUT2D eigenvalue weighted by atomic mass is 35.5. The van der Waals surface area contributed by atoms with Crippen LogP contribution in [0.25, 0.3) is 6.08 Å². The average Bonchev–Trinajstić information content (AvgIpc) is 2.64. The zero-order valence-electron chi connectivity index (χ0n) is 7.57. The summed E-state index contributed by atoms with van der Waals surface area (Å²) in [5, 5.41) is 8.34. The number of benzene rings is 1. The molecule has 0 spiro atoms. The van der Waals surface area contributed by atoms with Crippen LogP contribution in [-0.4, -0.2) is 17.9 Å². The number of carboxylic acid groups (broad SMARTS) is 1. The molecule has 0 bridgehead atoms. The van der Waals surface area contributed by atoms with Crippen molar-refractivity contribution in [3.63, 3.8) is 0 Å². The Morgan fingerprint density at radius 3 is 2.87 bits per heavy atom. The zero-order valence-corrected chi connectivity index (χ0v) is 8.32. The van der Waals surface area contributed by atoms with Gasteiger partial charge in [0.25, 0.3) is 0 Å². The summed E-state index contributed by atoms with van der Waals surface area (Å²) in [7, 11) is 0. The van der Waals surface area contributed by atoms with Gasteiger partial charge in [-0.3, -0.25) is 0 Å². The molecule has 15 heavy (non-hydrogen) atoms. The first-order valence-electron chi connectivity index (χ1n) is 4.17. The molecule has 1 aromatic carbocycles. The fraction of sp³-hybridized carbons (Fsp3) is 0.100. The molecule has 0 fully saturated rings. The number of carbonyl (C=O) groups is 1. The van der Waals surface area contributed by atoms with E-state index in [9.17, 15) is 4.79 Å². The molecule has 0 aliphatic carbocycles. The van der Waals surface area contributed by atoms with Crippen molar-refractivity contribution in [2.75, 3.05) is 6.79 Å². The number of aliphatic carboxylic acids is 1. The minimum Gasteiger partial charge on any atom is -0.477 e. The number of hydrogen-bond acceptors (Lipinski definition) is 3. The van der Waals surface area contributed by atoms with Crippen LogP contribution in [-0.2, 0) is 4.79 Å². The molecular formula is C10H7ClO4. The third kappa shape index (κ3) is 2.05. The van der Waals surface area contributed by atoms with E-state index < -0.39 is 5.97 Å². The Bertz CT molecular complexity index is 439. The molecule has 0 atom stereocenters. The van der Waals surface area contributed by atoms with Gasteiger partial charge in [0.05, 0.1) is 0 Å². The van der Waals surface area contributed by atoms with Crippen molar-refractivity contribution in [1.82, 2.24) is 0 Å². The third-order valence-electron chi connectivity index (χ3n) is 1.89. The van der Waals surface area contributed by atoms with E-state index >= 15 is 0 Å². The Labute approximate surface area is 90.7 Å². The Hall–Kier alpha value is -1.68. The van der Waals surface area contributed by atoms with Gasteiger partial charge in [0.2, 0.25) is 6.79 Å². The molecule has 1 N–H and O–H groups in total. The van der Waals surface area contributed by atoms with Gasteiger partial charge in [0.1, 0.15) is 5.03 Å². The van der Waals surface area contributed by atoms with E-state index in [-0.39, 0.29) is 11.8 Å². The van der Waals surface area contributed by atoms with E-state index in [0.717, 1.165) is 0 Å². The highest BCUT2D eigenvalue weighted by Crippen LogP contribution is 2.33. The minimum atomic E-state index is -1.16. The van der Waals surface area contributed by atoms with Crippen molar-refractivity contribution in [2.24, 2.45) is 0 Å². The molecular weight excluding hydrogens is 220 g/mol. The van der Waals surface area contributed by atoms with E-state index in [1.807, 2.05) is 0 Å². The van der Waals surface area contributed by atoms with Gasteiger partial charge in [0.15, 0.2) is 11.5 Å². The topological polar surface area (TPSA) is 55.8 Å². The maximum atomic E-state index is 10.5. The number of halogens is 1. The van der Waals surface area contributed by atoms with Crippen LogP contribution in [0.3, 0.4) is 0 Å². The molecule has 4 nitrogen and oxygen atoms in total. The zero-order chi connectivity index (χ0) is 10.8. The number of ether oxygens (including phenoxy) is 2. The van der Waals surface area contributed by atoms with E-state index in [2.05, 4.69) is 0 Å². The van der Waals surface area contributed by atoms with Crippen LogP contribution >= 0.6 is 11.6 Å². The average molecular weight is 227 g/mol. The molecule has 0 unspecified atom stereocenters. The van der Waals surface area contributed by atoms with Gasteiger partial charge >= 0.3 is 5.97 Å². The summed E-state index contributed by atoms with van der Waals surface area (Å²) in [6.07, 6.45) is 1.35. The summed E-state index contributed by atoms with van der Waals surface area (Å²) in [5.41, 5.74) is 0.659. The van der Waals surface area contributed by atoms with Crippen LogP contribution in [0.1, 0.15) is 5.56 Å². The highest BCUT2D eigenvalue weighted by Gasteiger charge is 2.13. The van der Waals surface area contributed by atoms with Crippen molar-refractivity contribution in [3.05, 3.63) is 28.8 Å². The van der Waals surface area contributed by atoms with Crippen LogP contribution in [0.15, 0.2) is 23.2 Å². The van der Waals surface area contributed by atoms with E-state index in [1.165, 1.54) is 6.08 Å². The first kappa shape index (κ1) is 9.86. The van der Waals surface area contributed by atoms with Crippen molar-refractivity contribution in [1.29, 1.82) is 0 Å². The van der Waals surface area contributed by atoms with Gasteiger partial charge in [-0.05, 0) is 23.8 Å². The van der Waals surface area contributed by atoms with Crippen molar-refractivity contribution in [2.45, 2.75) is 0 Å². The molecule has 1 heterocycles. The van der Waals surface area contributed by atoms with Gasteiger partial charge in [-0.2, -0.15) is 0 Å². The van der Waals surface area contributed by atoms with Gasteiger partial charge in [-0.15, -0.1) is 0 Å². The third-order valence-corrected chi connectivity index (χ3v) is 2.17. The molecule has 2 rings (SSSR count). The van der Waals surface area contributed by atoms with Crippen LogP contribution in [0.4, 0.5) is 0 Å². The minimum absolute atomic E-state index is 0.190. The van der Waals surface area contributed by atoms with Crippen molar-refractivity contribution in [3.8, 4) is 11.5 Å². The van der Waals surface area contributed by atoms with Crippen LogP contribution in [0.5, 0.6) is 11.5 Å². The summed E-state index contributed by atoms with van der Waals surface area (Å²) >= 11 is 5.49. The maximum Gasteiger partial charge on any atom is 0.347 e. The number of rotatable bonds is 2. The molecule has 0 saturated carbocycles. The number of hydrogen-bond donors (Lipinski definition) is 1. The van der Waals surface area contributed by atoms with Crippen LogP contribution < -0.4 is 9.47 Å². The first-order chi connectivity index (χ1) is 7.16. The SMILES string of the molecule is O=C(O)C(Cl)=Cc1ccc2c(c1)OCO2. The second-order valence-electron chi connectivity index (χ2n) is 2.91. The lowest BCUT2D eigenvalue weighted by molar-refractivity contribution is -0.131. The first-order valence-corrected chi connectivity index (χ1v) is 4.55. The van der Waals surface area contributed by atoms with Crippen LogP contribution in [0.2, 0.25) is 0 Å². The molecule has 0 amide bonds. The van der Waals surface area contributed by atoms with Crippen molar-refractivity contribution < 1.29 is 19.4 Å². The standard InChI is InChI=1S/C10H7ClO4/c11-7(10(12)13)3-6-1-2-8-9(4-6)15-5-14-8/h1-4H,5H2,(H,12,13). The summed E-state index contributed by atoms with van der Waals surface area (Å²) in [5.74, 6) is 0.0894. The predicted octanol–water partition coefficient (Wildman–Crippen LogP) is 2.08. The molecule has 5 heteroatoms. The van der Waals surface area contributed by atoms with Gasteiger partial charge in [-0.1, -0.05) is 17.7 Å². The monoisotopic (exact) mass is 226 g/mol. The number of fused-ring (bicyclic) bond motifs is 1. The predicted molar refractivity (Wildman–Crippen MR) is 54.0 cm³/mol. The molecule has 0 aromatic heterocycles. The molecule has 0 radical (unpaired) electrons. The Morgan fingerprint density at radius 2 is 2.13 bits per heavy atom. The molecule has 1 aromatic rings. The molecule has 1 aliphatic heterocycles. The van der Waals surface area contributed by atoms with E-state index in [0.29, 0.717) is 17.1 Å². The molecule has 1 aliphatic rings. The second-order valence-corrected chi connectivity index (χ2v) is 3.32. The van der Waals surface area contributed by atoms with Gasteiger partial charge < -0.3 is 14.6 Å². The number of carboxylic acids is 1. The summed E-state index contributed by atoms with van der Waals surface area (Å²) in [6, 6.07) is 5.09. The normalized spacial score (nSPS) is 14.1. The summed E-state index contributed by atoms with van der Waals surface area (Å²) in [6.45, 7) is 0.190. The van der Waals surface area contributed by atoms with E-state index in [1.54, 1.807) is 18.2 Å². The Kier molecular flexibility index (Phi) is 2.51. The van der Waals surface area contributed by atoms with E-state index in [4.69, 9.17) is 26.2 Å². The summed E-state index contributed by atoms with van der Waals surface area (Å²) < 4.78 is 10.3. The molecule has 0 saturated heterocycles. The second kappa shape index (κ2) is 3.82. The Balaban J connectivity index is 2.31. The van der Waals surface area contributed by atoms with Crippen molar-refractivity contribution >= 4 is 23.6 Å². The van der Waals surface area contributed by atoms with Gasteiger partial charge in [-0.25, -0.2) is 4.79 Å². The maximum absolute atomic E-state index is 10.5. The fourth-order valence-electron chi connectivity index (χ4n) is 1.21. The largest absolute Gasteiger partial charge is 0.477 e.